The largest absolute Gasteiger partial charge is 0.464 e. The van der Waals surface area contributed by atoms with Crippen LogP contribution in [0.25, 0.3) is 0 Å². The number of hydrogen-bond donors (Lipinski definition) is 2. The fourth-order valence-corrected chi connectivity index (χ4v) is 1.37. The van der Waals surface area contributed by atoms with Gasteiger partial charge in [0, 0.05) is 12.1 Å². The molecule has 1 rings (SSSR count). The van der Waals surface area contributed by atoms with Gasteiger partial charge in [0.2, 0.25) is 0 Å². The van der Waals surface area contributed by atoms with Gasteiger partial charge in [0.1, 0.15) is 5.82 Å². The van der Waals surface area contributed by atoms with E-state index in [1.165, 1.54) is 0 Å². The number of carbonyl (C=O) groups excluding carboxylic acids is 2. The maximum absolute atomic E-state index is 11.7. The molecule has 1 unspecified atom stereocenters. The van der Waals surface area contributed by atoms with Crippen LogP contribution < -0.4 is 11.1 Å². The van der Waals surface area contributed by atoms with Crippen molar-refractivity contribution in [2.24, 2.45) is 5.73 Å². The van der Waals surface area contributed by atoms with Gasteiger partial charge in [-0.15, -0.1) is 0 Å². The van der Waals surface area contributed by atoms with Crippen molar-refractivity contribution in [3.63, 3.8) is 0 Å². The van der Waals surface area contributed by atoms with Gasteiger partial charge in [-0.05, 0) is 20.8 Å². The summed E-state index contributed by atoms with van der Waals surface area (Å²) in [5.41, 5.74) is 5.47. The number of nitrogens with zero attached hydrogens (tertiary/aromatic N) is 2. The van der Waals surface area contributed by atoms with E-state index >= 15 is 0 Å². The third kappa shape index (κ3) is 3.30. The number of aromatic nitrogens is 2. The van der Waals surface area contributed by atoms with Crippen molar-refractivity contribution in [3.8, 4) is 0 Å². The second-order valence-corrected chi connectivity index (χ2v) is 3.97. The number of carbonyl (C=O) groups is 2. The van der Waals surface area contributed by atoms with Crippen LogP contribution in [0.2, 0.25) is 0 Å². The van der Waals surface area contributed by atoms with Crippen LogP contribution in [-0.2, 0) is 14.3 Å². The fourth-order valence-electron chi connectivity index (χ4n) is 1.37. The molecule has 0 fully saturated rings. The first kappa shape index (κ1) is 14.2. The molecule has 0 aliphatic carbocycles. The highest BCUT2D eigenvalue weighted by molar-refractivity contribution is 6.07. The molecule has 0 saturated carbocycles. The maximum Gasteiger partial charge on any atom is 0.332 e. The summed E-state index contributed by atoms with van der Waals surface area (Å²) in [5, 5.41) is 6.60. The SMILES string of the molecule is CCOC(=O)C(N)C(=O)Nc1ccnn1C(C)C. The van der Waals surface area contributed by atoms with Gasteiger partial charge in [0.15, 0.2) is 6.04 Å². The molecule has 0 aromatic carbocycles. The van der Waals surface area contributed by atoms with Crippen molar-refractivity contribution < 1.29 is 14.3 Å². The van der Waals surface area contributed by atoms with E-state index in [1.807, 2.05) is 13.8 Å². The number of nitrogens with two attached hydrogens (primary N) is 1. The lowest BCUT2D eigenvalue weighted by atomic mass is 10.3. The zero-order chi connectivity index (χ0) is 13.7. The summed E-state index contributed by atoms with van der Waals surface area (Å²) < 4.78 is 6.30. The van der Waals surface area contributed by atoms with Gasteiger partial charge in [-0.3, -0.25) is 4.79 Å². The predicted octanol–water partition coefficient (Wildman–Crippen LogP) is 0.293. The van der Waals surface area contributed by atoms with Gasteiger partial charge in [-0.1, -0.05) is 0 Å². The van der Waals surface area contributed by atoms with Gasteiger partial charge in [-0.2, -0.15) is 5.10 Å². The fraction of sp³-hybridized carbons (Fsp3) is 0.545. The van der Waals surface area contributed by atoms with E-state index in [0.717, 1.165) is 0 Å². The Morgan fingerprint density at radius 3 is 2.78 bits per heavy atom. The summed E-state index contributed by atoms with van der Waals surface area (Å²) >= 11 is 0. The van der Waals surface area contributed by atoms with Gasteiger partial charge >= 0.3 is 5.97 Å². The minimum atomic E-state index is -1.33. The van der Waals surface area contributed by atoms with Crippen molar-refractivity contribution in [1.29, 1.82) is 0 Å². The summed E-state index contributed by atoms with van der Waals surface area (Å²) in [5.74, 6) is -0.865. The number of nitrogens with one attached hydrogen (secondary N) is 1. The number of hydrogen-bond acceptors (Lipinski definition) is 5. The minimum absolute atomic E-state index is 0.0918. The van der Waals surface area contributed by atoms with E-state index < -0.39 is 17.9 Å². The van der Waals surface area contributed by atoms with Crippen LogP contribution in [0.3, 0.4) is 0 Å². The zero-order valence-electron chi connectivity index (χ0n) is 10.7. The summed E-state index contributed by atoms with van der Waals surface area (Å²) in [4.78, 5) is 23.0. The van der Waals surface area contributed by atoms with Crippen LogP contribution in [0.15, 0.2) is 12.3 Å². The van der Waals surface area contributed by atoms with Crippen molar-refractivity contribution >= 4 is 17.7 Å². The number of rotatable bonds is 5. The minimum Gasteiger partial charge on any atom is -0.464 e. The normalized spacial score (nSPS) is 12.3. The van der Waals surface area contributed by atoms with Gasteiger partial charge < -0.3 is 15.8 Å². The lowest BCUT2D eigenvalue weighted by Crippen LogP contribution is -2.43. The quantitative estimate of drug-likeness (QED) is 0.581. The highest BCUT2D eigenvalue weighted by Crippen LogP contribution is 2.13. The lowest BCUT2D eigenvalue weighted by molar-refractivity contribution is -0.146. The molecule has 0 spiro atoms. The Morgan fingerprint density at radius 2 is 2.22 bits per heavy atom. The van der Waals surface area contributed by atoms with E-state index in [2.05, 4.69) is 15.2 Å². The summed E-state index contributed by atoms with van der Waals surface area (Å²) in [7, 11) is 0. The average Bonchev–Trinajstić information content (AvgIpc) is 2.76. The van der Waals surface area contributed by atoms with Gasteiger partial charge in [-0.25, -0.2) is 9.48 Å². The third-order valence-corrected chi connectivity index (χ3v) is 2.23. The van der Waals surface area contributed by atoms with Crippen molar-refractivity contribution in [3.05, 3.63) is 12.3 Å². The second kappa shape index (κ2) is 6.15. The van der Waals surface area contributed by atoms with Crippen molar-refractivity contribution in [2.75, 3.05) is 11.9 Å². The smallest absolute Gasteiger partial charge is 0.332 e. The molecule has 0 radical (unpaired) electrons. The molecule has 18 heavy (non-hydrogen) atoms. The molecule has 7 heteroatoms. The van der Waals surface area contributed by atoms with Crippen LogP contribution in [-0.4, -0.2) is 34.3 Å². The molecule has 1 atom stereocenters. The molecular weight excluding hydrogens is 236 g/mol. The Bertz CT molecular complexity index is 428. The maximum atomic E-state index is 11.7. The summed E-state index contributed by atoms with van der Waals surface area (Å²) in [6.45, 7) is 5.68. The molecular formula is C11H18N4O3. The highest BCUT2D eigenvalue weighted by atomic mass is 16.5. The molecule has 0 aliphatic heterocycles. The Morgan fingerprint density at radius 1 is 1.56 bits per heavy atom. The lowest BCUT2D eigenvalue weighted by Gasteiger charge is -2.14. The van der Waals surface area contributed by atoms with Crippen LogP contribution >= 0.6 is 0 Å². The molecule has 7 nitrogen and oxygen atoms in total. The second-order valence-electron chi connectivity index (χ2n) is 3.97. The monoisotopic (exact) mass is 254 g/mol. The number of ether oxygens (including phenoxy) is 1. The molecule has 1 aromatic rings. The van der Waals surface area contributed by atoms with E-state index in [9.17, 15) is 9.59 Å². The van der Waals surface area contributed by atoms with Gasteiger partial charge in [0.25, 0.3) is 5.91 Å². The molecule has 0 bridgehead atoms. The molecule has 1 heterocycles. The average molecular weight is 254 g/mol. The van der Waals surface area contributed by atoms with E-state index in [1.54, 1.807) is 23.9 Å². The Hall–Kier alpha value is -1.89. The van der Waals surface area contributed by atoms with Crippen LogP contribution in [0, 0.1) is 0 Å². The third-order valence-electron chi connectivity index (χ3n) is 2.23. The molecule has 3 N–H and O–H groups in total. The van der Waals surface area contributed by atoms with Crippen LogP contribution in [0.4, 0.5) is 5.82 Å². The molecule has 100 valence electrons. The number of esters is 1. The summed E-state index contributed by atoms with van der Waals surface area (Å²) in [6.07, 6.45) is 1.56. The van der Waals surface area contributed by atoms with Crippen LogP contribution in [0.1, 0.15) is 26.8 Å². The Balaban J connectivity index is 2.69. The first-order chi connectivity index (χ1) is 8.47. The standard InChI is InChI=1S/C11H18N4O3/c1-4-18-11(17)9(12)10(16)14-8-5-6-13-15(8)7(2)3/h5-7,9H,4,12H2,1-3H3,(H,14,16). The molecule has 1 aromatic heterocycles. The number of anilines is 1. The van der Waals surface area contributed by atoms with Gasteiger partial charge in [0.05, 0.1) is 12.8 Å². The van der Waals surface area contributed by atoms with Crippen molar-refractivity contribution in [2.45, 2.75) is 32.9 Å². The molecule has 0 aliphatic rings. The number of amides is 1. The molecule has 1 amide bonds. The topological polar surface area (TPSA) is 99.2 Å². The van der Waals surface area contributed by atoms with Crippen molar-refractivity contribution in [1.82, 2.24) is 9.78 Å². The Kier molecular flexibility index (Phi) is 4.85. The zero-order valence-corrected chi connectivity index (χ0v) is 10.7. The predicted molar refractivity (Wildman–Crippen MR) is 65.9 cm³/mol. The molecule has 0 saturated heterocycles. The Labute approximate surface area is 105 Å². The van der Waals surface area contributed by atoms with E-state index in [-0.39, 0.29) is 12.6 Å². The van der Waals surface area contributed by atoms with E-state index in [0.29, 0.717) is 5.82 Å². The highest BCUT2D eigenvalue weighted by Gasteiger charge is 2.24. The summed E-state index contributed by atoms with van der Waals surface area (Å²) in [6, 6.07) is 0.394. The first-order valence-corrected chi connectivity index (χ1v) is 5.74. The van der Waals surface area contributed by atoms with E-state index in [4.69, 9.17) is 5.73 Å². The van der Waals surface area contributed by atoms with Crippen LogP contribution in [0.5, 0.6) is 0 Å². The first-order valence-electron chi connectivity index (χ1n) is 5.74.